The summed E-state index contributed by atoms with van der Waals surface area (Å²) in [7, 11) is 0. The molecule has 4 aromatic rings. The quantitative estimate of drug-likeness (QED) is 0.108. The average Bonchev–Trinajstić information content (AvgIpc) is 3.26. The molecule has 1 aromatic heterocycles. The third kappa shape index (κ3) is 4.97. The van der Waals surface area contributed by atoms with Gasteiger partial charge in [0.05, 0.1) is 18.8 Å². The lowest BCUT2D eigenvalue weighted by molar-refractivity contribution is -0.158. The number of alkyl halides is 1. The van der Waals surface area contributed by atoms with Gasteiger partial charge in [0.25, 0.3) is 0 Å². The second kappa shape index (κ2) is 10.9. The minimum absolute atomic E-state index is 0.0747. The van der Waals surface area contributed by atoms with E-state index in [0.29, 0.717) is 16.5 Å². The molecular weight excluding hydrogens is 524 g/mol. The summed E-state index contributed by atoms with van der Waals surface area (Å²) >= 11 is 3.27. The largest absolute Gasteiger partial charge is 0.464 e. The second-order valence-electron chi connectivity index (χ2n) is 8.09. The zero-order chi connectivity index (χ0) is 25.7. The van der Waals surface area contributed by atoms with Gasteiger partial charge in [-0.25, -0.2) is 9.59 Å². The Labute approximate surface area is 217 Å². The number of hydrogen-bond donors (Lipinski definition) is 0. The highest BCUT2D eigenvalue weighted by atomic mass is 79.9. The second-order valence-corrected chi connectivity index (χ2v) is 9.44. The highest BCUT2D eigenvalue weighted by Gasteiger charge is 2.48. The maximum Gasteiger partial charge on any atom is 0.334 e. The maximum absolute atomic E-state index is 13.8. The van der Waals surface area contributed by atoms with E-state index >= 15 is 0 Å². The third-order valence-corrected chi connectivity index (χ3v) is 6.68. The van der Waals surface area contributed by atoms with Gasteiger partial charge in [0, 0.05) is 17.4 Å². The van der Waals surface area contributed by atoms with Gasteiger partial charge in [-0.2, -0.15) is 0 Å². The number of para-hydroxylation sites is 1. The van der Waals surface area contributed by atoms with Crippen LogP contribution in [0.25, 0.3) is 22.1 Å². The van der Waals surface area contributed by atoms with Crippen LogP contribution in [0.15, 0.2) is 83.3 Å². The van der Waals surface area contributed by atoms with Gasteiger partial charge in [0.15, 0.2) is 5.78 Å². The Balaban J connectivity index is 1.76. The molecule has 0 aliphatic rings. The Bertz CT molecular complexity index is 1370. The van der Waals surface area contributed by atoms with Gasteiger partial charge in [0.2, 0.25) is 4.32 Å². The number of benzene rings is 3. The Morgan fingerprint density at radius 2 is 1.33 bits per heavy atom. The molecule has 36 heavy (non-hydrogen) atoms. The molecule has 0 saturated carbocycles. The smallest absolute Gasteiger partial charge is 0.334 e. The molecule has 0 fully saturated rings. The molecule has 7 heteroatoms. The highest BCUT2D eigenvalue weighted by Crippen LogP contribution is 2.35. The molecule has 0 spiro atoms. The van der Waals surface area contributed by atoms with E-state index in [-0.39, 0.29) is 36.7 Å². The number of hydrogen-bond acceptors (Lipinski definition) is 6. The van der Waals surface area contributed by atoms with Crippen LogP contribution in [0.1, 0.15) is 35.5 Å². The van der Waals surface area contributed by atoms with Gasteiger partial charge in [-0.3, -0.25) is 4.79 Å². The predicted molar refractivity (Wildman–Crippen MR) is 140 cm³/mol. The molecule has 0 radical (unpaired) electrons. The summed E-state index contributed by atoms with van der Waals surface area (Å²) in [5.74, 6) is -1.72. The van der Waals surface area contributed by atoms with Crippen molar-refractivity contribution in [2.75, 3.05) is 13.2 Å². The van der Waals surface area contributed by atoms with Crippen molar-refractivity contribution in [2.24, 2.45) is 0 Å². The minimum atomic E-state index is -1.86. The van der Waals surface area contributed by atoms with Crippen LogP contribution in [0.2, 0.25) is 0 Å². The number of halogens is 1. The molecule has 0 aliphatic heterocycles. The topological polar surface area (TPSA) is 82.8 Å². The summed E-state index contributed by atoms with van der Waals surface area (Å²) in [6.45, 7) is 3.44. The van der Waals surface area contributed by atoms with Crippen molar-refractivity contribution < 1.29 is 28.3 Å². The van der Waals surface area contributed by atoms with Crippen molar-refractivity contribution in [3.05, 3.63) is 95.7 Å². The van der Waals surface area contributed by atoms with Gasteiger partial charge in [-0.05, 0) is 31.0 Å². The zero-order valence-corrected chi connectivity index (χ0v) is 21.5. The number of carbonyl (C=O) groups excluding carboxylic acids is 3. The average molecular weight is 549 g/mol. The third-order valence-electron chi connectivity index (χ3n) is 5.75. The summed E-state index contributed by atoms with van der Waals surface area (Å²) in [5, 5.41) is 0.590. The van der Waals surface area contributed by atoms with E-state index in [1.807, 2.05) is 42.5 Å². The molecule has 4 rings (SSSR count). The standard InChI is InChI=1S/C29H25BrO6/c1-3-34-27(32)29(30,28(33)35-4-2)18-24-25(22-12-8-9-13-23(22)36-24)26(31)21-16-14-20(15-17-21)19-10-6-5-7-11-19/h5-17H,3-4,18H2,1-2H3. The summed E-state index contributed by atoms with van der Waals surface area (Å²) in [4.78, 5) is 39.4. The van der Waals surface area contributed by atoms with Crippen LogP contribution in [-0.2, 0) is 25.5 Å². The molecule has 0 aliphatic carbocycles. The van der Waals surface area contributed by atoms with Crippen LogP contribution >= 0.6 is 15.9 Å². The van der Waals surface area contributed by atoms with E-state index in [2.05, 4.69) is 15.9 Å². The summed E-state index contributed by atoms with van der Waals surface area (Å²) in [5.41, 5.74) is 3.23. The Morgan fingerprint density at radius 3 is 1.94 bits per heavy atom. The normalized spacial score (nSPS) is 11.3. The first-order valence-electron chi connectivity index (χ1n) is 11.6. The molecule has 3 aromatic carbocycles. The van der Waals surface area contributed by atoms with Crippen molar-refractivity contribution in [2.45, 2.75) is 24.6 Å². The lowest BCUT2D eigenvalue weighted by Crippen LogP contribution is -2.45. The number of rotatable bonds is 9. The minimum Gasteiger partial charge on any atom is -0.464 e. The van der Waals surface area contributed by atoms with Crippen molar-refractivity contribution in [1.82, 2.24) is 0 Å². The highest BCUT2D eigenvalue weighted by molar-refractivity contribution is 9.10. The van der Waals surface area contributed by atoms with Gasteiger partial charge >= 0.3 is 11.9 Å². The van der Waals surface area contributed by atoms with Gasteiger partial charge in [-0.1, -0.05) is 88.7 Å². The molecule has 1 heterocycles. The van der Waals surface area contributed by atoms with Gasteiger partial charge in [0.1, 0.15) is 11.3 Å². The summed E-state index contributed by atoms with van der Waals surface area (Å²) in [6.07, 6.45) is -0.261. The molecule has 0 N–H and O–H groups in total. The van der Waals surface area contributed by atoms with Crippen molar-refractivity contribution in [1.29, 1.82) is 0 Å². The number of ether oxygens (including phenoxy) is 2. The van der Waals surface area contributed by atoms with Gasteiger partial charge < -0.3 is 13.9 Å². The number of carbonyl (C=O) groups is 3. The fourth-order valence-corrected chi connectivity index (χ4v) is 4.48. The van der Waals surface area contributed by atoms with Crippen LogP contribution in [0, 0.1) is 0 Å². The SMILES string of the molecule is CCOC(=O)C(Br)(Cc1oc2ccccc2c1C(=O)c1ccc(-c2ccccc2)cc1)C(=O)OCC. The molecule has 0 amide bonds. The molecule has 0 atom stereocenters. The van der Waals surface area contributed by atoms with Crippen LogP contribution in [0.3, 0.4) is 0 Å². The first-order chi connectivity index (χ1) is 17.4. The van der Waals surface area contributed by atoms with Crippen molar-refractivity contribution >= 4 is 44.6 Å². The number of fused-ring (bicyclic) bond motifs is 1. The van der Waals surface area contributed by atoms with E-state index in [1.165, 1.54) is 0 Å². The monoisotopic (exact) mass is 548 g/mol. The molecule has 184 valence electrons. The Hall–Kier alpha value is -3.71. The lowest BCUT2D eigenvalue weighted by atomic mass is 9.94. The van der Waals surface area contributed by atoms with E-state index in [0.717, 1.165) is 11.1 Å². The summed E-state index contributed by atoms with van der Waals surface area (Å²) < 4.78 is 14.5. The summed E-state index contributed by atoms with van der Waals surface area (Å²) in [6, 6.07) is 24.2. The predicted octanol–water partition coefficient (Wildman–Crippen LogP) is 6.13. The molecule has 0 bridgehead atoms. The lowest BCUT2D eigenvalue weighted by Gasteiger charge is -2.22. The molecule has 0 unspecified atom stereocenters. The van der Waals surface area contributed by atoms with E-state index < -0.39 is 16.3 Å². The van der Waals surface area contributed by atoms with Crippen molar-refractivity contribution in [3.63, 3.8) is 0 Å². The zero-order valence-electron chi connectivity index (χ0n) is 20.0. The Kier molecular flexibility index (Phi) is 7.70. The number of furan rings is 1. The van der Waals surface area contributed by atoms with E-state index in [4.69, 9.17) is 13.9 Å². The molecular formula is C29H25BrO6. The fourth-order valence-electron chi connectivity index (χ4n) is 4.00. The number of ketones is 1. The fraction of sp³-hybridized carbons (Fsp3) is 0.207. The van der Waals surface area contributed by atoms with E-state index in [9.17, 15) is 14.4 Å². The molecule has 0 saturated heterocycles. The first kappa shape index (κ1) is 25.4. The van der Waals surface area contributed by atoms with Crippen LogP contribution in [0.5, 0.6) is 0 Å². The van der Waals surface area contributed by atoms with Crippen LogP contribution in [0.4, 0.5) is 0 Å². The van der Waals surface area contributed by atoms with E-state index in [1.54, 1.807) is 50.2 Å². The van der Waals surface area contributed by atoms with Gasteiger partial charge in [-0.15, -0.1) is 0 Å². The molecule has 6 nitrogen and oxygen atoms in total. The van der Waals surface area contributed by atoms with Crippen LogP contribution in [-0.4, -0.2) is 35.3 Å². The maximum atomic E-state index is 13.8. The Morgan fingerprint density at radius 1 is 0.778 bits per heavy atom. The van der Waals surface area contributed by atoms with Crippen LogP contribution < -0.4 is 0 Å². The first-order valence-corrected chi connectivity index (χ1v) is 12.4. The number of esters is 2. The van der Waals surface area contributed by atoms with Crippen molar-refractivity contribution in [3.8, 4) is 11.1 Å².